The molecule has 4 atom stereocenters. The Kier molecular flexibility index (Phi) is 3.72. The number of imide groups is 1. The highest BCUT2D eigenvalue weighted by Crippen LogP contribution is 2.53. The Balaban J connectivity index is 1.39. The van der Waals surface area contributed by atoms with Crippen molar-refractivity contribution in [1.29, 1.82) is 0 Å². The molecule has 0 spiro atoms. The Bertz CT molecular complexity index is 994. The van der Waals surface area contributed by atoms with Crippen LogP contribution in [0.2, 0.25) is 0 Å². The first kappa shape index (κ1) is 16.9. The zero-order valence-electron chi connectivity index (χ0n) is 15.5. The molecular weight excluding hydrogens is 352 g/mol. The highest BCUT2D eigenvalue weighted by atomic mass is 16.2. The average Bonchev–Trinajstić information content (AvgIpc) is 3.36. The Hall–Kier alpha value is -3.21. The Morgan fingerprint density at radius 2 is 1.61 bits per heavy atom. The second kappa shape index (κ2) is 6.16. The fraction of sp³-hybridized carbons (Fsp3) is 0.261. The van der Waals surface area contributed by atoms with E-state index in [1.54, 1.807) is 36.4 Å². The third-order valence-electron chi connectivity index (χ3n) is 6.15. The van der Waals surface area contributed by atoms with E-state index < -0.39 is 0 Å². The number of fused-ring (bicyclic) bond motifs is 5. The summed E-state index contributed by atoms with van der Waals surface area (Å²) >= 11 is 0. The molecule has 1 heterocycles. The molecule has 5 rings (SSSR count). The van der Waals surface area contributed by atoms with Crippen LogP contribution in [-0.2, 0) is 9.59 Å². The lowest BCUT2D eigenvalue weighted by atomic mass is 9.85. The number of hydrogen-bond donors (Lipinski definition) is 1. The second-order valence-corrected chi connectivity index (χ2v) is 7.88. The van der Waals surface area contributed by atoms with E-state index >= 15 is 0 Å². The van der Waals surface area contributed by atoms with E-state index in [0.717, 1.165) is 12.0 Å². The molecule has 5 nitrogen and oxygen atoms in total. The molecule has 1 N–H and O–H groups in total. The van der Waals surface area contributed by atoms with Crippen molar-refractivity contribution in [3.8, 4) is 0 Å². The van der Waals surface area contributed by atoms with Crippen LogP contribution in [0.4, 0.5) is 11.4 Å². The molecule has 2 bridgehead atoms. The SMILES string of the molecule is Cc1ccc(C(=O)Nc2cccc(N3C(=O)C4C5C=CC(C5)C4C3=O)c2)cc1. The Labute approximate surface area is 163 Å². The number of hydrogen-bond acceptors (Lipinski definition) is 3. The second-order valence-electron chi connectivity index (χ2n) is 7.88. The molecule has 1 aliphatic heterocycles. The number of benzene rings is 2. The molecule has 2 aliphatic carbocycles. The zero-order chi connectivity index (χ0) is 19.4. The molecule has 4 unspecified atom stereocenters. The van der Waals surface area contributed by atoms with Crippen molar-refractivity contribution in [2.45, 2.75) is 13.3 Å². The van der Waals surface area contributed by atoms with Gasteiger partial charge in [-0.25, -0.2) is 4.90 Å². The van der Waals surface area contributed by atoms with Crippen LogP contribution in [0.15, 0.2) is 60.7 Å². The maximum atomic E-state index is 13.0. The minimum atomic E-state index is -0.228. The summed E-state index contributed by atoms with van der Waals surface area (Å²) in [6, 6.07) is 14.3. The summed E-state index contributed by atoms with van der Waals surface area (Å²) in [6.07, 6.45) is 5.07. The van der Waals surface area contributed by atoms with Gasteiger partial charge in [0.1, 0.15) is 0 Å². The van der Waals surface area contributed by atoms with Crippen LogP contribution < -0.4 is 10.2 Å². The number of allylic oxidation sites excluding steroid dienone is 2. The maximum absolute atomic E-state index is 13.0. The highest BCUT2D eigenvalue weighted by molar-refractivity contribution is 6.23. The number of nitrogens with one attached hydrogen (secondary N) is 1. The topological polar surface area (TPSA) is 66.5 Å². The largest absolute Gasteiger partial charge is 0.322 e. The number of nitrogens with zero attached hydrogens (tertiary/aromatic N) is 1. The van der Waals surface area contributed by atoms with Crippen molar-refractivity contribution < 1.29 is 14.4 Å². The number of anilines is 2. The van der Waals surface area contributed by atoms with Gasteiger partial charge in [-0.1, -0.05) is 35.9 Å². The standard InChI is InChI=1S/C23H20N2O3/c1-13-5-7-14(8-6-13)21(26)24-17-3-2-4-18(12-17)25-22(27)19-15-9-10-16(11-15)20(19)23(25)28/h2-10,12,15-16,19-20H,11H2,1H3,(H,24,26). The molecule has 5 heteroatoms. The molecule has 1 saturated carbocycles. The van der Waals surface area contributed by atoms with Crippen LogP contribution in [-0.4, -0.2) is 17.7 Å². The Morgan fingerprint density at radius 3 is 2.25 bits per heavy atom. The third kappa shape index (κ3) is 2.50. The van der Waals surface area contributed by atoms with Gasteiger partial charge in [0.25, 0.3) is 5.91 Å². The van der Waals surface area contributed by atoms with Crippen LogP contribution in [0.5, 0.6) is 0 Å². The van der Waals surface area contributed by atoms with Gasteiger partial charge in [-0.3, -0.25) is 14.4 Å². The van der Waals surface area contributed by atoms with Gasteiger partial charge in [-0.2, -0.15) is 0 Å². The van der Waals surface area contributed by atoms with Gasteiger partial charge in [-0.05, 0) is 55.5 Å². The molecule has 0 radical (unpaired) electrons. The van der Waals surface area contributed by atoms with Gasteiger partial charge in [0, 0.05) is 11.3 Å². The van der Waals surface area contributed by atoms with E-state index in [4.69, 9.17) is 0 Å². The van der Waals surface area contributed by atoms with Gasteiger partial charge in [0.15, 0.2) is 0 Å². The number of carbonyl (C=O) groups is 3. The predicted octanol–water partition coefficient (Wildman–Crippen LogP) is 3.56. The van der Waals surface area contributed by atoms with E-state index in [1.165, 1.54) is 4.90 Å². The third-order valence-corrected chi connectivity index (χ3v) is 6.15. The van der Waals surface area contributed by atoms with Crippen LogP contribution >= 0.6 is 0 Å². The minimum Gasteiger partial charge on any atom is -0.322 e. The lowest BCUT2D eigenvalue weighted by molar-refractivity contribution is -0.123. The fourth-order valence-electron chi connectivity index (χ4n) is 4.79. The van der Waals surface area contributed by atoms with E-state index in [0.29, 0.717) is 16.9 Å². The minimum absolute atomic E-state index is 0.117. The molecule has 140 valence electrons. The summed E-state index contributed by atoms with van der Waals surface area (Å²) < 4.78 is 0. The number of amides is 3. The van der Waals surface area contributed by atoms with Crippen molar-refractivity contribution in [2.24, 2.45) is 23.7 Å². The molecule has 3 amide bonds. The average molecular weight is 372 g/mol. The number of aryl methyl sites for hydroxylation is 1. The Morgan fingerprint density at radius 1 is 0.964 bits per heavy atom. The molecule has 2 fully saturated rings. The van der Waals surface area contributed by atoms with Crippen molar-refractivity contribution >= 4 is 29.1 Å². The summed E-state index contributed by atoms with van der Waals surface area (Å²) in [5.74, 6) is -0.554. The van der Waals surface area contributed by atoms with E-state index in [9.17, 15) is 14.4 Å². The van der Waals surface area contributed by atoms with Crippen molar-refractivity contribution in [3.05, 3.63) is 71.8 Å². The maximum Gasteiger partial charge on any atom is 0.255 e. The molecule has 2 aromatic rings. The molecular formula is C23H20N2O3. The smallest absolute Gasteiger partial charge is 0.255 e. The van der Waals surface area contributed by atoms with E-state index in [-0.39, 0.29) is 41.4 Å². The van der Waals surface area contributed by atoms with Crippen LogP contribution in [0.25, 0.3) is 0 Å². The molecule has 3 aliphatic rings. The monoisotopic (exact) mass is 372 g/mol. The van der Waals surface area contributed by atoms with Crippen molar-refractivity contribution in [2.75, 3.05) is 10.2 Å². The normalized spacial score (nSPS) is 27.4. The van der Waals surface area contributed by atoms with E-state index in [2.05, 4.69) is 17.5 Å². The first-order valence-corrected chi connectivity index (χ1v) is 9.57. The van der Waals surface area contributed by atoms with Crippen molar-refractivity contribution in [1.82, 2.24) is 0 Å². The van der Waals surface area contributed by atoms with Gasteiger partial charge in [0.2, 0.25) is 11.8 Å². The van der Waals surface area contributed by atoms with Crippen molar-refractivity contribution in [3.63, 3.8) is 0 Å². The summed E-state index contributed by atoms with van der Waals surface area (Å²) in [4.78, 5) is 39.7. The fourth-order valence-corrected chi connectivity index (χ4v) is 4.79. The summed E-state index contributed by atoms with van der Waals surface area (Å²) in [5.41, 5.74) is 2.72. The molecule has 1 saturated heterocycles. The molecule has 2 aromatic carbocycles. The summed E-state index contributed by atoms with van der Waals surface area (Å²) in [7, 11) is 0. The first-order chi connectivity index (χ1) is 13.5. The van der Waals surface area contributed by atoms with Gasteiger partial charge in [0.05, 0.1) is 17.5 Å². The molecule has 0 aromatic heterocycles. The zero-order valence-corrected chi connectivity index (χ0v) is 15.5. The highest BCUT2D eigenvalue weighted by Gasteiger charge is 2.59. The summed E-state index contributed by atoms with van der Waals surface area (Å²) in [5, 5.41) is 2.85. The predicted molar refractivity (Wildman–Crippen MR) is 106 cm³/mol. The number of rotatable bonds is 3. The first-order valence-electron chi connectivity index (χ1n) is 9.57. The lowest BCUT2D eigenvalue weighted by Crippen LogP contribution is -2.32. The van der Waals surface area contributed by atoms with Crippen LogP contribution in [0.1, 0.15) is 22.3 Å². The van der Waals surface area contributed by atoms with Gasteiger partial charge < -0.3 is 5.32 Å². The number of carbonyl (C=O) groups excluding carboxylic acids is 3. The molecule has 28 heavy (non-hydrogen) atoms. The lowest BCUT2D eigenvalue weighted by Gasteiger charge is -2.18. The van der Waals surface area contributed by atoms with E-state index in [1.807, 2.05) is 19.1 Å². The quantitative estimate of drug-likeness (QED) is 0.662. The summed E-state index contributed by atoms with van der Waals surface area (Å²) in [6.45, 7) is 1.96. The van der Waals surface area contributed by atoms with Crippen LogP contribution in [0, 0.1) is 30.6 Å². The van der Waals surface area contributed by atoms with Gasteiger partial charge in [-0.15, -0.1) is 0 Å². The van der Waals surface area contributed by atoms with Crippen LogP contribution in [0.3, 0.4) is 0 Å². The van der Waals surface area contributed by atoms with Gasteiger partial charge >= 0.3 is 0 Å².